The molecule has 0 saturated carbocycles. The topological polar surface area (TPSA) is 46.6 Å². The first-order valence-electron chi connectivity index (χ1n) is 7.80. The van der Waals surface area contributed by atoms with E-state index in [1.807, 2.05) is 36.4 Å². The van der Waals surface area contributed by atoms with Gasteiger partial charge < -0.3 is 9.64 Å². The average molecular weight is 390 g/mol. The number of nitrogens with zero attached hydrogens (tertiary/aromatic N) is 1. The molecule has 2 aromatic rings. The minimum absolute atomic E-state index is 0.208. The highest BCUT2D eigenvalue weighted by molar-refractivity contribution is 9.10. The normalized spacial score (nSPS) is 11.6. The second-order valence-electron chi connectivity index (χ2n) is 5.36. The summed E-state index contributed by atoms with van der Waals surface area (Å²) in [7, 11) is 0. The third-order valence-corrected chi connectivity index (χ3v) is 4.12. The Bertz CT molecular complexity index is 703. The minimum atomic E-state index is -0.670. The standard InChI is InChI=1S/C19H20BrNO3/c1-3-24-19(23)14(2)21(13-15-8-5-4-6-9-15)18(22)16-10-7-11-17(20)12-16/h4-12,14H,3,13H2,1-2H3. The van der Waals surface area contributed by atoms with E-state index in [4.69, 9.17) is 4.74 Å². The number of carbonyl (C=O) groups excluding carboxylic acids is 2. The van der Waals surface area contributed by atoms with Crippen LogP contribution in [0, 0.1) is 0 Å². The fraction of sp³-hybridized carbons (Fsp3) is 0.263. The summed E-state index contributed by atoms with van der Waals surface area (Å²) in [5, 5.41) is 0. The number of ether oxygens (including phenoxy) is 1. The Kier molecular flexibility index (Phi) is 6.55. The Morgan fingerprint density at radius 1 is 1.12 bits per heavy atom. The lowest BCUT2D eigenvalue weighted by atomic mass is 10.1. The van der Waals surface area contributed by atoms with Gasteiger partial charge in [0.05, 0.1) is 6.61 Å². The molecule has 2 aromatic carbocycles. The maximum absolute atomic E-state index is 12.9. The van der Waals surface area contributed by atoms with Gasteiger partial charge in [-0.3, -0.25) is 4.79 Å². The molecular weight excluding hydrogens is 370 g/mol. The number of halogens is 1. The number of amides is 1. The molecule has 24 heavy (non-hydrogen) atoms. The first kappa shape index (κ1) is 18.2. The monoisotopic (exact) mass is 389 g/mol. The Hall–Kier alpha value is -2.14. The fourth-order valence-corrected chi connectivity index (χ4v) is 2.74. The van der Waals surface area contributed by atoms with Gasteiger partial charge in [-0.05, 0) is 37.6 Å². The lowest BCUT2D eigenvalue weighted by Crippen LogP contribution is -2.43. The highest BCUT2D eigenvalue weighted by atomic mass is 79.9. The number of carbonyl (C=O) groups is 2. The fourth-order valence-electron chi connectivity index (χ4n) is 2.34. The van der Waals surface area contributed by atoms with E-state index in [9.17, 15) is 9.59 Å². The van der Waals surface area contributed by atoms with Gasteiger partial charge in [0, 0.05) is 16.6 Å². The van der Waals surface area contributed by atoms with Gasteiger partial charge in [-0.15, -0.1) is 0 Å². The molecule has 0 heterocycles. The zero-order chi connectivity index (χ0) is 17.5. The van der Waals surface area contributed by atoms with Crippen molar-refractivity contribution in [3.8, 4) is 0 Å². The van der Waals surface area contributed by atoms with Crippen LogP contribution in [-0.4, -0.2) is 29.4 Å². The van der Waals surface area contributed by atoms with Crippen molar-refractivity contribution in [1.82, 2.24) is 4.90 Å². The van der Waals surface area contributed by atoms with Crippen molar-refractivity contribution in [1.29, 1.82) is 0 Å². The van der Waals surface area contributed by atoms with Crippen LogP contribution in [0.15, 0.2) is 59.1 Å². The van der Waals surface area contributed by atoms with Gasteiger partial charge in [0.25, 0.3) is 5.91 Å². The Balaban J connectivity index is 2.30. The molecular formula is C19H20BrNO3. The molecule has 1 unspecified atom stereocenters. The summed E-state index contributed by atoms with van der Waals surface area (Å²) in [6.07, 6.45) is 0. The van der Waals surface area contributed by atoms with Crippen molar-refractivity contribution in [2.24, 2.45) is 0 Å². The maximum Gasteiger partial charge on any atom is 0.328 e. The third-order valence-electron chi connectivity index (χ3n) is 3.62. The largest absolute Gasteiger partial charge is 0.464 e. The summed E-state index contributed by atoms with van der Waals surface area (Å²) in [5.74, 6) is -0.613. The van der Waals surface area contributed by atoms with E-state index in [-0.39, 0.29) is 12.5 Å². The van der Waals surface area contributed by atoms with Gasteiger partial charge in [0.1, 0.15) is 6.04 Å². The molecule has 0 radical (unpaired) electrons. The van der Waals surface area contributed by atoms with Crippen LogP contribution in [0.25, 0.3) is 0 Å². The summed E-state index contributed by atoms with van der Waals surface area (Å²) >= 11 is 3.37. The lowest BCUT2D eigenvalue weighted by Gasteiger charge is -2.28. The molecule has 0 aliphatic heterocycles. The van der Waals surface area contributed by atoms with Gasteiger partial charge in [0.2, 0.25) is 0 Å². The number of hydrogen-bond acceptors (Lipinski definition) is 3. The number of benzene rings is 2. The predicted octanol–water partition coefficient (Wildman–Crippen LogP) is 4.04. The van der Waals surface area contributed by atoms with Crippen molar-refractivity contribution >= 4 is 27.8 Å². The summed E-state index contributed by atoms with van der Waals surface area (Å²) in [6, 6.07) is 16.1. The molecule has 126 valence electrons. The maximum atomic E-state index is 12.9. The molecule has 1 atom stereocenters. The minimum Gasteiger partial charge on any atom is -0.464 e. The third kappa shape index (κ3) is 4.68. The highest BCUT2D eigenvalue weighted by Gasteiger charge is 2.28. The first-order chi connectivity index (χ1) is 11.5. The van der Waals surface area contributed by atoms with E-state index in [0.29, 0.717) is 12.1 Å². The molecule has 0 aliphatic rings. The molecule has 4 nitrogen and oxygen atoms in total. The van der Waals surface area contributed by atoms with Crippen molar-refractivity contribution in [2.45, 2.75) is 26.4 Å². The Morgan fingerprint density at radius 3 is 2.46 bits per heavy atom. The average Bonchev–Trinajstić information content (AvgIpc) is 2.59. The van der Waals surface area contributed by atoms with Crippen LogP contribution in [0.1, 0.15) is 29.8 Å². The molecule has 0 fully saturated rings. The van der Waals surface area contributed by atoms with Gasteiger partial charge in [0.15, 0.2) is 0 Å². The van der Waals surface area contributed by atoms with Crippen molar-refractivity contribution in [3.05, 3.63) is 70.2 Å². The lowest BCUT2D eigenvalue weighted by molar-refractivity contribution is -0.148. The van der Waals surface area contributed by atoms with E-state index >= 15 is 0 Å². The number of rotatable bonds is 6. The molecule has 0 aromatic heterocycles. The van der Waals surface area contributed by atoms with Gasteiger partial charge in [-0.2, -0.15) is 0 Å². The van der Waals surface area contributed by atoms with Crippen molar-refractivity contribution < 1.29 is 14.3 Å². The highest BCUT2D eigenvalue weighted by Crippen LogP contribution is 2.18. The van der Waals surface area contributed by atoms with Gasteiger partial charge in [-0.25, -0.2) is 4.79 Å². The van der Waals surface area contributed by atoms with Crippen molar-refractivity contribution in [2.75, 3.05) is 6.61 Å². The SMILES string of the molecule is CCOC(=O)C(C)N(Cc1ccccc1)C(=O)c1cccc(Br)c1. The summed E-state index contributed by atoms with van der Waals surface area (Å²) in [6.45, 7) is 4.07. The van der Waals surface area contributed by atoms with E-state index in [1.54, 1.807) is 32.0 Å². The summed E-state index contributed by atoms with van der Waals surface area (Å²) < 4.78 is 5.91. The van der Waals surface area contributed by atoms with Crippen LogP contribution < -0.4 is 0 Å². The summed E-state index contributed by atoms with van der Waals surface area (Å²) in [5.41, 5.74) is 1.48. The molecule has 0 bridgehead atoms. The van der Waals surface area contributed by atoms with Crippen molar-refractivity contribution in [3.63, 3.8) is 0 Å². The van der Waals surface area contributed by atoms with E-state index in [2.05, 4.69) is 15.9 Å². The Labute approximate surface area is 150 Å². The van der Waals surface area contributed by atoms with Crippen LogP contribution in [0.5, 0.6) is 0 Å². The zero-order valence-electron chi connectivity index (χ0n) is 13.7. The van der Waals surface area contributed by atoms with E-state index < -0.39 is 12.0 Å². The molecule has 5 heteroatoms. The van der Waals surface area contributed by atoms with E-state index in [0.717, 1.165) is 10.0 Å². The first-order valence-corrected chi connectivity index (χ1v) is 8.59. The quantitative estimate of drug-likeness (QED) is 0.700. The van der Waals surface area contributed by atoms with Gasteiger partial charge in [-0.1, -0.05) is 52.3 Å². The predicted molar refractivity (Wildman–Crippen MR) is 96.6 cm³/mol. The molecule has 2 rings (SSSR count). The number of hydrogen-bond donors (Lipinski definition) is 0. The smallest absolute Gasteiger partial charge is 0.328 e. The van der Waals surface area contributed by atoms with Crippen LogP contribution >= 0.6 is 15.9 Å². The molecule has 0 spiro atoms. The van der Waals surface area contributed by atoms with Gasteiger partial charge >= 0.3 is 5.97 Å². The summed E-state index contributed by atoms with van der Waals surface area (Å²) in [4.78, 5) is 26.6. The second-order valence-corrected chi connectivity index (χ2v) is 6.27. The zero-order valence-corrected chi connectivity index (χ0v) is 15.3. The Morgan fingerprint density at radius 2 is 1.83 bits per heavy atom. The van der Waals surface area contributed by atoms with Crippen LogP contribution in [0.3, 0.4) is 0 Å². The number of esters is 1. The second kappa shape index (κ2) is 8.64. The molecule has 0 aliphatic carbocycles. The van der Waals surface area contributed by atoms with Crippen LogP contribution in [-0.2, 0) is 16.1 Å². The molecule has 1 amide bonds. The van der Waals surface area contributed by atoms with Crippen LogP contribution in [0.2, 0.25) is 0 Å². The van der Waals surface area contributed by atoms with E-state index in [1.165, 1.54) is 4.90 Å². The molecule has 0 saturated heterocycles. The van der Waals surface area contributed by atoms with Crippen LogP contribution in [0.4, 0.5) is 0 Å². The molecule has 0 N–H and O–H groups in total.